The Morgan fingerprint density at radius 3 is 2.65 bits per heavy atom. The fourth-order valence-corrected chi connectivity index (χ4v) is 3.06. The molecule has 0 saturated carbocycles. The molecular weight excluding hydrogens is 256 g/mol. The minimum Gasteiger partial charge on any atom is -0.478 e. The molecule has 2 aliphatic heterocycles. The lowest BCUT2D eigenvalue weighted by Crippen LogP contribution is -2.42. The lowest BCUT2D eigenvalue weighted by atomic mass is 10.1. The van der Waals surface area contributed by atoms with Crippen LogP contribution < -0.4 is 0 Å². The molecule has 0 bridgehead atoms. The molecule has 1 unspecified atom stereocenters. The van der Waals surface area contributed by atoms with Crippen molar-refractivity contribution in [1.82, 2.24) is 9.80 Å². The number of carbonyl (C=O) groups excluding carboxylic acids is 1. The van der Waals surface area contributed by atoms with Gasteiger partial charge in [-0.3, -0.25) is 0 Å². The Morgan fingerprint density at radius 1 is 1.25 bits per heavy atom. The molecule has 1 aromatic carbocycles. The Kier molecular flexibility index (Phi) is 3.12. The Labute approximate surface area is 117 Å². The zero-order valence-electron chi connectivity index (χ0n) is 11.5. The first-order valence-electron chi connectivity index (χ1n) is 6.97. The molecule has 1 fully saturated rings. The van der Waals surface area contributed by atoms with Gasteiger partial charge in [-0.2, -0.15) is 0 Å². The summed E-state index contributed by atoms with van der Waals surface area (Å²) in [7, 11) is 0. The highest BCUT2D eigenvalue weighted by atomic mass is 16.4. The van der Waals surface area contributed by atoms with Gasteiger partial charge >= 0.3 is 12.0 Å². The van der Waals surface area contributed by atoms with Gasteiger partial charge in [0.15, 0.2) is 0 Å². The maximum Gasteiger partial charge on any atom is 0.335 e. The number of hydrogen-bond acceptors (Lipinski definition) is 2. The van der Waals surface area contributed by atoms with Crippen molar-refractivity contribution in [3.8, 4) is 0 Å². The molecule has 1 saturated heterocycles. The average Bonchev–Trinajstić information content (AvgIpc) is 3.02. The number of carboxylic acids is 1. The van der Waals surface area contributed by atoms with E-state index in [1.165, 1.54) is 0 Å². The number of likely N-dealkylation sites (tertiary alicyclic amines) is 1. The van der Waals surface area contributed by atoms with Gasteiger partial charge in [-0.15, -0.1) is 0 Å². The third kappa shape index (κ3) is 2.13. The summed E-state index contributed by atoms with van der Waals surface area (Å²) in [5.41, 5.74) is 2.29. The SMILES string of the molecule is CC1CCCN1C(=O)N1Cc2ccc(C(=O)O)cc2C1. The Morgan fingerprint density at radius 2 is 2.00 bits per heavy atom. The number of aromatic carboxylic acids is 1. The van der Waals surface area contributed by atoms with E-state index < -0.39 is 5.97 Å². The summed E-state index contributed by atoms with van der Waals surface area (Å²) >= 11 is 0. The second kappa shape index (κ2) is 4.81. The summed E-state index contributed by atoms with van der Waals surface area (Å²) in [4.78, 5) is 27.2. The van der Waals surface area contributed by atoms with Crippen molar-refractivity contribution < 1.29 is 14.7 Å². The molecule has 1 aromatic rings. The van der Waals surface area contributed by atoms with E-state index in [9.17, 15) is 9.59 Å². The van der Waals surface area contributed by atoms with Gasteiger partial charge < -0.3 is 14.9 Å². The van der Waals surface area contributed by atoms with Gasteiger partial charge in [0, 0.05) is 25.7 Å². The molecule has 0 aromatic heterocycles. The van der Waals surface area contributed by atoms with E-state index in [0.717, 1.165) is 30.5 Å². The van der Waals surface area contributed by atoms with Gasteiger partial charge in [-0.05, 0) is 43.0 Å². The van der Waals surface area contributed by atoms with E-state index in [0.29, 0.717) is 19.1 Å². The zero-order valence-corrected chi connectivity index (χ0v) is 11.5. The number of nitrogens with zero attached hydrogens (tertiary/aromatic N) is 2. The van der Waals surface area contributed by atoms with Crippen LogP contribution in [0.4, 0.5) is 4.79 Å². The highest BCUT2D eigenvalue weighted by molar-refractivity contribution is 5.88. The van der Waals surface area contributed by atoms with Crippen LogP contribution in [0, 0.1) is 0 Å². The Bertz CT molecular complexity index is 570. The first-order chi connectivity index (χ1) is 9.56. The zero-order chi connectivity index (χ0) is 14.3. The number of carbonyl (C=O) groups is 2. The van der Waals surface area contributed by atoms with Gasteiger partial charge in [-0.1, -0.05) is 6.07 Å². The summed E-state index contributed by atoms with van der Waals surface area (Å²) in [5, 5.41) is 9.01. The molecule has 0 aliphatic carbocycles. The van der Waals surface area contributed by atoms with Crippen LogP contribution in [0.3, 0.4) is 0 Å². The molecule has 2 heterocycles. The lowest BCUT2D eigenvalue weighted by molar-refractivity contribution is 0.0696. The summed E-state index contributed by atoms with van der Waals surface area (Å²) < 4.78 is 0. The lowest BCUT2D eigenvalue weighted by Gasteiger charge is -2.27. The molecule has 2 amide bonds. The maximum atomic E-state index is 12.5. The van der Waals surface area contributed by atoms with Crippen molar-refractivity contribution >= 4 is 12.0 Å². The number of amides is 2. The Balaban J connectivity index is 1.76. The van der Waals surface area contributed by atoms with Crippen LogP contribution in [0.15, 0.2) is 18.2 Å². The maximum absolute atomic E-state index is 12.5. The first-order valence-corrected chi connectivity index (χ1v) is 6.97. The van der Waals surface area contributed by atoms with Gasteiger partial charge in [0.25, 0.3) is 0 Å². The molecule has 0 radical (unpaired) electrons. The quantitative estimate of drug-likeness (QED) is 0.854. The smallest absolute Gasteiger partial charge is 0.335 e. The van der Waals surface area contributed by atoms with Crippen molar-refractivity contribution in [2.24, 2.45) is 0 Å². The second-order valence-electron chi connectivity index (χ2n) is 5.61. The third-order valence-electron chi connectivity index (χ3n) is 4.24. The number of hydrogen-bond donors (Lipinski definition) is 1. The Hall–Kier alpha value is -2.04. The van der Waals surface area contributed by atoms with Crippen LogP contribution in [-0.2, 0) is 13.1 Å². The molecule has 5 heteroatoms. The number of carboxylic acid groups (broad SMARTS) is 1. The van der Waals surface area contributed by atoms with Crippen molar-refractivity contribution in [2.45, 2.75) is 38.9 Å². The van der Waals surface area contributed by atoms with Crippen LogP contribution >= 0.6 is 0 Å². The number of rotatable bonds is 1. The molecule has 0 spiro atoms. The minimum atomic E-state index is -0.925. The molecule has 5 nitrogen and oxygen atoms in total. The highest BCUT2D eigenvalue weighted by Crippen LogP contribution is 2.27. The largest absolute Gasteiger partial charge is 0.478 e. The van der Waals surface area contributed by atoms with Crippen molar-refractivity contribution in [3.05, 3.63) is 34.9 Å². The van der Waals surface area contributed by atoms with E-state index in [4.69, 9.17) is 5.11 Å². The van der Waals surface area contributed by atoms with E-state index in [1.54, 1.807) is 17.0 Å². The molecular formula is C15H18N2O3. The molecule has 106 valence electrons. The van der Waals surface area contributed by atoms with Crippen LogP contribution in [0.2, 0.25) is 0 Å². The van der Waals surface area contributed by atoms with Crippen LogP contribution in [-0.4, -0.2) is 39.5 Å². The standard InChI is InChI=1S/C15H18N2O3/c1-10-3-2-6-17(10)15(20)16-8-12-5-4-11(14(18)19)7-13(12)9-16/h4-5,7,10H,2-3,6,8-9H2,1H3,(H,18,19). The topological polar surface area (TPSA) is 60.9 Å². The van der Waals surface area contributed by atoms with Crippen molar-refractivity contribution in [1.29, 1.82) is 0 Å². The molecule has 2 aliphatic rings. The number of benzene rings is 1. The fourth-order valence-electron chi connectivity index (χ4n) is 3.06. The summed E-state index contributed by atoms with van der Waals surface area (Å²) in [5.74, 6) is -0.925. The van der Waals surface area contributed by atoms with E-state index >= 15 is 0 Å². The van der Waals surface area contributed by atoms with Gasteiger partial charge in [0.1, 0.15) is 0 Å². The second-order valence-corrected chi connectivity index (χ2v) is 5.61. The predicted octanol–water partition coefficient (Wildman–Crippen LogP) is 2.30. The fraction of sp³-hybridized carbons (Fsp3) is 0.467. The van der Waals surface area contributed by atoms with Gasteiger partial charge in [0.2, 0.25) is 0 Å². The van der Waals surface area contributed by atoms with Crippen LogP contribution in [0.5, 0.6) is 0 Å². The summed E-state index contributed by atoms with van der Waals surface area (Å²) in [6, 6.07) is 5.48. The summed E-state index contributed by atoms with van der Waals surface area (Å²) in [6.07, 6.45) is 2.13. The van der Waals surface area contributed by atoms with E-state index in [2.05, 4.69) is 6.92 Å². The molecule has 1 N–H and O–H groups in total. The monoisotopic (exact) mass is 274 g/mol. The summed E-state index contributed by atoms with van der Waals surface area (Å²) in [6.45, 7) is 4.00. The number of fused-ring (bicyclic) bond motifs is 1. The first kappa shape index (κ1) is 13.0. The van der Waals surface area contributed by atoms with Crippen molar-refractivity contribution in [3.63, 3.8) is 0 Å². The van der Waals surface area contributed by atoms with E-state index in [1.807, 2.05) is 11.0 Å². The van der Waals surface area contributed by atoms with Crippen LogP contribution in [0.1, 0.15) is 41.3 Å². The average molecular weight is 274 g/mol. The molecule has 3 rings (SSSR count). The molecule has 20 heavy (non-hydrogen) atoms. The third-order valence-corrected chi connectivity index (χ3v) is 4.24. The normalized spacial score (nSPS) is 21.1. The minimum absolute atomic E-state index is 0.0723. The highest BCUT2D eigenvalue weighted by Gasteiger charge is 2.32. The van der Waals surface area contributed by atoms with Crippen molar-refractivity contribution in [2.75, 3.05) is 6.54 Å². The predicted molar refractivity (Wildman–Crippen MR) is 73.4 cm³/mol. The van der Waals surface area contributed by atoms with Gasteiger partial charge in [0.05, 0.1) is 5.56 Å². The number of urea groups is 1. The molecule has 1 atom stereocenters. The van der Waals surface area contributed by atoms with Crippen LogP contribution in [0.25, 0.3) is 0 Å². The van der Waals surface area contributed by atoms with E-state index in [-0.39, 0.29) is 11.6 Å². The van der Waals surface area contributed by atoms with Gasteiger partial charge in [-0.25, -0.2) is 9.59 Å².